The van der Waals surface area contributed by atoms with Gasteiger partial charge in [0.05, 0.1) is 18.6 Å². The van der Waals surface area contributed by atoms with Crippen LogP contribution >= 0.6 is 15.9 Å². The molecule has 0 spiro atoms. The van der Waals surface area contributed by atoms with Gasteiger partial charge in [-0.25, -0.2) is 23.2 Å². The predicted octanol–water partition coefficient (Wildman–Crippen LogP) is 4.84. The Kier molecular flexibility index (Phi) is 7.29. The Morgan fingerprint density at radius 2 is 1.88 bits per heavy atom. The Hall–Kier alpha value is -3.20. The van der Waals surface area contributed by atoms with Gasteiger partial charge in [0.2, 0.25) is 0 Å². The Balaban J connectivity index is 1.75. The SMILES string of the molecule is CC(C)(C)OC(=O)NC/C(=C\F)Cn1ncn(-c2cccc(-c3cccc(Br)c3)c2)c1=O. The van der Waals surface area contributed by atoms with E-state index >= 15 is 0 Å². The molecule has 1 N–H and O–H groups in total. The lowest BCUT2D eigenvalue weighted by Crippen LogP contribution is -2.34. The quantitative estimate of drug-likeness (QED) is 0.522. The van der Waals surface area contributed by atoms with Crippen molar-refractivity contribution in [2.75, 3.05) is 6.54 Å². The summed E-state index contributed by atoms with van der Waals surface area (Å²) in [6, 6.07) is 15.3. The maximum absolute atomic E-state index is 13.4. The summed E-state index contributed by atoms with van der Waals surface area (Å²) in [6.07, 6.45) is 1.08. The third-order valence-electron chi connectivity index (χ3n) is 4.38. The van der Waals surface area contributed by atoms with Crippen molar-refractivity contribution in [1.82, 2.24) is 19.7 Å². The third-order valence-corrected chi connectivity index (χ3v) is 4.87. The number of nitrogens with zero attached hydrogens (tertiary/aromatic N) is 3. The number of rotatable bonds is 6. The monoisotopic (exact) mass is 502 g/mol. The van der Waals surface area contributed by atoms with Gasteiger partial charge in [0.1, 0.15) is 11.9 Å². The van der Waals surface area contributed by atoms with Crippen LogP contribution in [-0.4, -0.2) is 32.6 Å². The van der Waals surface area contributed by atoms with Crippen LogP contribution in [0.1, 0.15) is 20.8 Å². The highest BCUT2D eigenvalue weighted by Crippen LogP contribution is 2.24. The standard InChI is InChI=1S/C23H24BrFN4O3/c1-23(2,3)32-21(30)26-13-16(12-25)14-29-22(31)28(15-27-29)20-9-5-7-18(11-20)17-6-4-8-19(24)10-17/h4-12,15H,13-14H2,1-3H3,(H,26,30)/b16-12+. The molecule has 0 aliphatic rings. The summed E-state index contributed by atoms with van der Waals surface area (Å²) >= 11 is 3.46. The zero-order valence-electron chi connectivity index (χ0n) is 18.0. The number of hydrogen-bond acceptors (Lipinski definition) is 4. The average Bonchev–Trinajstić information content (AvgIpc) is 3.10. The molecule has 2 aromatic carbocycles. The first-order chi connectivity index (χ1) is 15.2. The van der Waals surface area contributed by atoms with Crippen LogP contribution in [0.3, 0.4) is 0 Å². The van der Waals surface area contributed by atoms with Crippen molar-refractivity contribution in [2.45, 2.75) is 32.9 Å². The summed E-state index contributed by atoms with van der Waals surface area (Å²) < 4.78 is 22.0. The smallest absolute Gasteiger partial charge is 0.407 e. The van der Waals surface area contributed by atoms with Crippen LogP contribution in [0, 0.1) is 0 Å². The molecule has 1 heterocycles. The molecule has 1 amide bonds. The number of benzene rings is 2. The average molecular weight is 503 g/mol. The lowest BCUT2D eigenvalue weighted by molar-refractivity contribution is 0.0532. The minimum absolute atomic E-state index is 0.108. The summed E-state index contributed by atoms with van der Waals surface area (Å²) in [4.78, 5) is 24.6. The predicted molar refractivity (Wildman–Crippen MR) is 124 cm³/mol. The molecule has 3 rings (SSSR count). The van der Waals surface area contributed by atoms with Gasteiger partial charge in [0.25, 0.3) is 0 Å². The third kappa shape index (κ3) is 6.16. The number of ether oxygens (including phenoxy) is 1. The molecule has 0 aliphatic carbocycles. The fourth-order valence-corrected chi connectivity index (χ4v) is 3.35. The zero-order valence-corrected chi connectivity index (χ0v) is 19.6. The molecule has 0 aliphatic heterocycles. The van der Waals surface area contributed by atoms with Gasteiger partial charge < -0.3 is 10.1 Å². The maximum Gasteiger partial charge on any atom is 0.407 e. The molecule has 168 valence electrons. The molecule has 32 heavy (non-hydrogen) atoms. The van der Waals surface area contributed by atoms with E-state index < -0.39 is 17.4 Å². The number of aromatic nitrogens is 3. The van der Waals surface area contributed by atoms with Crippen LogP contribution in [0.25, 0.3) is 16.8 Å². The van der Waals surface area contributed by atoms with E-state index in [1.165, 1.54) is 10.9 Å². The molecule has 1 aromatic heterocycles. The minimum atomic E-state index is -0.668. The van der Waals surface area contributed by atoms with Crippen LogP contribution in [0.4, 0.5) is 9.18 Å². The molecule has 0 bridgehead atoms. The molecule has 9 heteroatoms. The molecule has 7 nitrogen and oxygen atoms in total. The fraction of sp³-hybridized carbons (Fsp3) is 0.261. The highest BCUT2D eigenvalue weighted by Gasteiger charge is 2.17. The van der Waals surface area contributed by atoms with E-state index in [1.54, 1.807) is 26.8 Å². The van der Waals surface area contributed by atoms with E-state index in [0.717, 1.165) is 20.3 Å². The van der Waals surface area contributed by atoms with E-state index in [4.69, 9.17) is 4.74 Å². The summed E-state index contributed by atoms with van der Waals surface area (Å²) in [7, 11) is 0. The second-order valence-electron chi connectivity index (χ2n) is 8.12. The first kappa shape index (κ1) is 23.5. The molecule has 0 unspecified atom stereocenters. The van der Waals surface area contributed by atoms with Gasteiger partial charge in [-0.1, -0.05) is 40.2 Å². The number of alkyl carbamates (subject to hydrolysis) is 1. The number of carbonyl (C=O) groups is 1. The van der Waals surface area contributed by atoms with Crippen molar-refractivity contribution < 1.29 is 13.9 Å². The normalized spacial score (nSPS) is 12.0. The number of hydrogen-bond donors (Lipinski definition) is 1. The lowest BCUT2D eigenvalue weighted by atomic mass is 10.1. The van der Waals surface area contributed by atoms with Crippen LogP contribution in [0.5, 0.6) is 0 Å². The summed E-state index contributed by atoms with van der Waals surface area (Å²) in [6.45, 7) is 4.98. The van der Waals surface area contributed by atoms with Crippen molar-refractivity contribution in [3.05, 3.63) is 81.7 Å². The van der Waals surface area contributed by atoms with Crippen LogP contribution in [-0.2, 0) is 11.3 Å². The fourth-order valence-electron chi connectivity index (χ4n) is 2.95. The largest absolute Gasteiger partial charge is 0.444 e. The van der Waals surface area contributed by atoms with Crippen molar-refractivity contribution >= 4 is 22.0 Å². The van der Waals surface area contributed by atoms with E-state index in [-0.39, 0.29) is 18.7 Å². The van der Waals surface area contributed by atoms with Gasteiger partial charge in [-0.2, -0.15) is 5.10 Å². The molecular weight excluding hydrogens is 479 g/mol. The molecule has 0 radical (unpaired) electrons. The Morgan fingerprint density at radius 3 is 2.53 bits per heavy atom. The van der Waals surface area contributed by atoms with Crippen LogP contribution in [0.2, 0.25) is 0 Å². The summed E-state index contributed by atoms with van der Waals surface area (Å²) in [5.41, 5.74) is 1.66. The summed E-state index contributed by atoms with van der Waals surface area (Å²) in [5.74, 6) is 0. The van der Waals surface area contributed by atoms with Gasteiger partial charge in [0.15, 0.2) is 0 Å². The van der Waals surface area contributed by atoms with Crippen molar-refractivity contribution in [3.63, 3.8) is 0 Å². The minimum Gasteiger partial charge on any atom is -0.444 e. The van der Waals surface area contributed by atoms with Crippen molar-refractivity contribution in [2.24, 2.45) is 0 Å². The molecule has 3 aromatic rings. The molecule has 0 saturated carbocycles. The summed E-state index contributed by atoms with van der Waals surface area (Å²) in [5, 5.41) is 6.57. The zero-order chi connectivity index (χ0) is 23.3. The van der Waals surface area contributed by atoms with Crippen LogP contribution in [0.15, 0.2) is 76.0 Å². The van der Waals surface area contributed by atoms with Gasteiger partial charge in [0, 0.05) is 11.0 Å². The second kappa shape index (κ2) is 9.95. The van der Waals surface area contributed by atoms with Crippen molar-refractivity contribution in [3.8, 4) is 16.8 Å². The molecule has 0 fully saturated rings. The van der Waals surface area contributed by atoms with E-state index in [2.05, 4.69) is 26.3 Å². The van der Waals surface area contributed by atoms with E-state index in [9.17, 15) is 14.0 Å². The lowest BCUT2D eigenvalue weighted by Gasteiger charge is -2.19. The highest BCUT2D eigenvalue weighted by molar-refractivity contribution is 9.10. The Bertz CT molecular complexity index is 1190. The topological polar surface area (TPSA) is 78.2 Å². The highest BCUT2D eigenvalue weighted by atomic mass is 79.9. The Labute approximate surface area is 193 Å². The first-order valence-electron chi connectivity index (χ1n) is 9.92. The second-order valence-corrected chi connectivity index (χ2v) is 9.04. The van der Waals surface area contributed by atoms with Crippen molar-refractivity contribution in [1.29, 1.82) is 0 Å². The molecular formula is C23H24BrFN4O3. The first-order valence-corrected chi connectivity index (χ1v) is 10.7. The molecule has 0 atom stereocenters. The van der Waals surface area contributed by atoms with Gasteiger partial charge >= 0.3 is 11.8 Å². The molecule has 0 saturated heterocycles. The van der Waals surface area contributed by atoms with Crippen LogP contribution < -0.4 is 11.0 Å². The van der Waals surface area contributed by atoms with E-state index in [0.29, 0.717) is 12.0 Å². The number of amides is 1. The van der Waals surface area contributed by atoms with Gasteiger partial charge in [-0.15, -0.1) is 0 Å². The van der Waals surface area contributed by atoms with Gasteiger partial charge in [-0.05, 0) is 61.7 Å². The number of nitrogens with one attached hydrogen (secondary N) is 1. The Morgan fingerprint density at radius 1 is 1.19 bits per heavy atom. The number of carbonyl (C=O) groups excluding carboxylic acids is 1. The van der Waals surface area contributed by atoms with E-state index in [1.807, 2.05) is 42.5 Å². The maximum atomic E-state index is 13.4. The number of halogens is 2. The van der Waals surface area contributed by atoms with Gasteiger partial charge in [-0.3, -0.25) is 0 Å².